The predicted octanol–water partition coefficient (Wildman–Crippen LogP) is 3.38. The number of ether oxygens (including phenoxy) is 1. The number of thioether (sulfide) groups is 1. The minimum absolute atomic E-state index is 0.218. The van der Waals surface area contributed by atoms with E-state index in [4.69, 9.17) is 16.3 Å². The lowest BCUT2D eigenvalue weighted by Crippen LogP contribution is -2.31. The van der Waals surface area contributed by atoms with Crippen molar-refractivity contribution in [1.82, 2.24) is 24.8 Å². The standard InChI is InChI=1S/C20H18ClFN6O2S/c1-30-19-12(4-3-7-24-19)18(29)23-8-9-28-17-15(31-2)16(26-20(28)27-17)25-14-6-5-11(22)10-13(14)21/h3-7,10H,8-9H2,1-2H3,(H,23,29)(H,25,26,27). The molecular formula is C20H18ClFN6O2S. The number of H-pyrrole nitrogens is 1. The number of hydrogen-bond donors (Lipinski definition) is 2. The molecule has 8 nitrogen and oxygen atoms in total. The van der Waals surface area contributed by atoms with E-state index >= 15 is 0 Å². The van der Waals surface area contributed by atoms with E-state index in [0.29, 0.717) is 35.6 Å². The summed E-state index contributed by atoms with van der Waals surface area (Å²) >= 11 is 7.57. The van der Waals surface area contributed by atoms with E-state index in [1.54, 1.807) is 18.3 Å². The fourth-order valence-electron chi connectivity index (χ4n) is 3.09. The van der Waals surface area contributed by atoms with Crippen molar-refractivity contribution in [3.8, 4) is 5.88 Å². The minimum Gasteiger partial charge on any atom is -0.480 e. The first-order chi connectivity index (χ1) is 15.0. The number of pyridine rings is 1. The van der Waals surface area contributed by atoms with Crippen LogP contribution in [0, 0.1) is 5.82 Å². The maximum absolute atomic E-state index is 13.3. The first-order valence-electron chi connectivity index (χ1n) is 9.24. The molecule has 5 rings (SSSR count). The number of fused-ring (bicyclic) bond motifs is 2. The number of carbonyl (C=O) groups excluding carboxylic acids is 1. The summed E-state index contributed by atoms with van der Waals surface area (Å²) in [5.74, 6) is 0.212. The summed E-state index contributed by atoms with van der Waals surface area (Å²) in [5.41, 5.74) is 2.17. The largest absolute Gasteiger partial charge is 0.480 e. The lowest BCUT2D eigenvalue weighted by molar-refractivity contribution is 0.0948. The van der Waals surface area contributed by atoms with E-state index in [1.807, 2.05) is 10.8 Å². The monoisotopic (exact) mass is 460 g/mol. The Morgan fingerprint density at radius 2 is 2.26 bits per heavy atom. The second-order valence-electron chi connectivity index (χ2n) is 6.44. The van der Waals surface area contributed by atoms with Gasteiger partial charge in [0, 0.05) is 19.3 Å². The number of aromatic amines is 1. The number of carbonyl (C=O) groups is 1. The Bertz CT molecular complexity index is 1300. The van der Waals surface area contributed by atoms with E-state index in [1.165, 1.54) is 37.1 Å². The third-order valence-corrected chi connectivity index (χ3v) is 5.64. The lowest BCUT2D eigenvalue weighted by Gasteiger charge is -2.20. The number of hydrogen-bond acceptors (Lipinski definition) is 6. The highest BCUT2D eigenvalue weighted by molar-refractivity contribution is 7.98. The number of benzene rings is 1. The quantitative estimate of drug-likeness (QED) is 0.412. The number of nitrogens with zero attached hydrogens (tertiary/aromatic N) is 4. The van der Waals surface area contributed by atoms with Crippen molar-refractivity contribution >= 4 is 46.4 Å². The van der Waals surface area contributed by atoms with Crippen LogP contribution in [0.4, 0.5) is 10.1 Å². The minimum atomic E-state index is -0.422. The van der Waals surface area contributed by atoms with Crippen LogP contribution in [0.25, 0.3) is 11.4 Å². The van der Waals surface area contributed by atoms with E-state index < -0.39 is 5.82 Å². The molecule has 0 fully saturated rings. The molecule has 0 spiro atoms. The zero-order valence-electron chi connectivity index (χ0n) is 16.6. The van der Waals surface area contributed by atoms with Gasteiger partial charge in [0.05, 0.1) is 22.7 Å². The van der Waals surface area contributed by atoms with Crippen LogP contribution in [0.2, 0.25) is 5.02 Å². The molecule has 1 amide bonds. The zero-order chi connectivity index (χ0) is 22.0. The zero-order valence-corrected chi connectivity index (χ0v) is 18.2. The second-order valence-corrected chi connectivity index (χ2v) is 7.66. The summed E-state index contributed by atoms with van der Waals surface area (Å²) in [6, 6.07) is 7.37. The Hall–Kier alpha value is -3.11. The number of halogens is 2. The number of rotatable bonds is 7. The van der Waals surface area contributed by atoms with Gasteiger partial charge in [-0.1, -0.05) is 11.6 Å². The number of aromatic nitrogens is 4. The molecule has 5 aromatic rings. The van der Waals surface area contributed by atoms with Crippen LogP contribution in [0.5, 0.6) is 5.88 Å². The second kappa shape index (κ2) is 8.94. The molecule has 0 saturated heterocycles. The van der Waals surface area contributed by atoms with Gasteiger partial charge in [-0.2, -0.15) is 4.98 Å². The molecule has 1 aromatic carbocycles. The topological polar surface area (TPSA) is 97.2 Å². The first kappa shape index (κ1) is 21.1. The van der Waals surface area contributed by atoms with Crippen LogP contribution in [0.1, 0.15) is 10.4 Å². The van der Waals surface area contributed by atoms with Crippen molar-refractivity contribution < 1.29 is 13.9 Å². The van der Waals surface area contributed by atoms with Gasteiger partial charge in [0.15, 0.2) is 5.49 Å². The molecule has 0 atom stereocenters. The normalized spacial score (nSPS) is 11.9. The predicted molar refractivity (Wildman–Crippen MR) is 117 cm³/mol. The molecule has 0 aliphatic carbocycles. The van der Waals surface area contributed by atoms with Gasteiger partial charge in [-0.05, 0) is 36.6 Å². The van der Waals surface area contributed by atoms with E-state index in [2.05, 4.69) is 25.3 Å². The number of methoxy groups -OCH3 is 1. The number of nitrogens with one attached hydrogen (secondary N) is 2. The van der Waals surface area contributed by atoms with Gasteiger partial charge in [-0.3, -0.25) is 9.36 Å². The summed E-state index contributed by atoms with van der Waals surface area (Å²) in [5, 5.41) is 3.08. The summed E-state index contributed by atoms with van der Waals surface area (Å²) in [6.45, 7) is 0.906. The number of amides is 1. The summed E-state index contributed by atoms with van der Waals surface area (Å²) in [4.78, 5) is 29.5. The highest BCUT2D eigenvalue weighted by Gasteiger charge is 2.17. The molecular weight excluding hydrogens is 443 g/mol. The van der Waals surface area contributed by atoms with E-state index in [-0.39, 0.29) is 16.8 Å². The van der Waals surface area contributed by atoms with Crippen LogP contribution in [0.15, 0.2) is 46.4 Å². The Morgan fingerprint density at radius 1 is 1.42 bits per heavy atom. The summed E-state index contributed by atoms with van der Waals surface area (Å²) in [6.07, 6.45) is 3.48. The molecule has 2 N–H and O–H groups in total. The van der Waals surface area contributed by atoms with E-state index in [9.17, 15) is 9.18 Å². The average Bonchev–Trinajstić information content (AvgIpc) is 2.77. The van der Waals surface area contributed by atoms with Crippen LogP contribution < -0.4 is 15.5 Å². The molecule has 0 radical (unpaired) electrons. The van der Waals surface area contributed by atoms with Crippen molar-refractivity contribution in [2.75, 3.05) is 19.9 Å². The maximum Gasteiger partial charge on any atom is 0.256 e. The molecule has 0 aliphatic rings. The van der Waals surface area contributed by atoms with Crippen molar-refractivity contribution in [3.05, 3.63) is 58.4 Å². The fourth-order valence-corrected chi connectivity index (χ4v) is 3.93. The molecule has 31 heavy (non-hydrogen) atoms. The summed E-state index contributed by atoms with van der Waals surface area (Å²) < 4.78 is 20.4. The maximum atomic E-state index is 13.3. The molecule has 2 bridgehead atoms. The van der Waals surface area contributed by atoms with Crippen LogP contribution in [0.3, 0.4) is 0 Å². The molecule has 0 saturated carbocycles. The lowest BCUT2D eigenvalue weighted by atomic mass is 10.2. The van der Waals surface area contributed by atoms with Gasteiger partial charge in [-0.25, -0.2) is 14.4 Å². The van der Waals surface area contributed by atoms with Gasteiger partial charge in [-0.15, -0.1) is 11.8 Å². The average molecular weight is 461 g/mol. The van der Waals surface area contributed by atoms with Crippen LogP contribution >= 0.6 is 23.4 Å². The first-order valence-corrected chi connectivity index (χ1v) is 10.8. The van der Waals surface area contributed by atoms with Gasteiger partial charge in [0.1, 0.15) is 17.0 Å². The SMILES string of the molecule is COc1ncccc1C(=O)NCCn1c2nc(=Nc3ccc(F)cc3Cl)c(SC)c1[nH]2. The van der Waals surface area contributed by atoms with Gasteiger partial charge >= 0.3 is 0 Å². The molecule has 4 aromatic heterocycles. The van der Waals surface area contributed by atoms with Crippen molar-refractivity contribution in [1.29, 1.82) is 0 Å². The molecule has 0 unspecified atom stereocenters. The van der Waals surface area contributed by atoms with Crippen molar-refractivity contribution in [2.45, 2.75) is 11.4 Å². The molecule has 0 aliphatic heterocycles. The van der Waals surface area contributed by atoms with Crippen molar-refractivity contribution in [3.63, 3.8) is 0 Å². The highest BCUT2D eigenvalue weighted by Crippen LogP contribution is 2.26. The van der Waals surface area contributed by atoms with Gasteiger partial charge in [0.2, 0.25) is 11.7 Å². The smallest absolute Gasteiger partial charge is 0.256 e. The van der Waals surface area contributed by atoms with Gasteiger partial charge < -0.3 is 15.0 Å². The van der Waals surface area contributed by atoms with E-state index in [0.717, 1.165) is 10.5 Å². The third-order valence-electron chi connectivity index (χ3n) is 4.56. The van der Waals surface area contributed by atoms with Crippen molar-refractivity contribution in [2.24, 2.45) is 4.99 Å². The highest BCUT2D eigenvalue weighted by atomic mass is 35.5. The Labute approximate surface area is 185 Å². The Morgan fingerprint density at radius 3 is 3.00 bits per heavy atom. The Balaban J connectivity index is 1.52. The molecule has 11 heteroatoms. The molecule has 4 heterocycles. The summed E-state index contributed by atoms with van der Waals surface area (Å²) in [7, 11) is 1.47. The third kappa shape index (κ3) is 4.21. The Kier molecular flexibility index (Phi) is 6.10. The van der Waals surface area contributed by atoms with Crippen LogP contribution in [-0.2, 0) is 6.54 Å². The van der Waals surface area contributed by atoms with Crippen LogP contribution in [-0.4, -0.2) is 45.3 Å². The van der Waals surface area contributed by atoms with Gasteiger partial charge in [0.25, 0.3) is 5.91 Å². The molecule has 160 valence electrons. The fraction of sp³-hybridized carbons (Fsp3) is 0.200.